The van der Waals surface area contributed by atoms with Crippen LogP contribution >= 0.6 is 0 Å². The molecule has 0 aliphatic rings. The van der Waals surface area contributed by atoms with Gasteiger partial charge in [0.05, 0.1) is 13.7 Å². The first-order chi connectivity index (χ1) is 13.1. The van der Waals surface area contributed by atoms with Crippen LogP contribution in [0.1, 0.15) is 12.5 Å². The van der Waals surface area contributed by atoms with Gasteiger partial charge in [0.15, 0.2) is 5.96 Å². The van der Waals surface area contributed by atoms with Gasteiger partial charge in [-0.1, -0.05) is 18.2 Å². The van der Waals surface area contributed by atoms with E-state index in [1.54, 1.807) is 20.2 Å². The zero-order valence-electron chi connectivity index (χ0n) is 15.9. The number of anilines is 1. The summed E-state index contributed by atoms with van der Waals surface area (Å²) in [6, 6.07) is 15.2. The second kappa shape index (κ2) is 10.7. The van der Waals surface area contributed by atoms with Gasteiger partial charge in [-0.2, -0.15) is 0 Å². The van der Waals surface area contributed by atoms with Gasteiger partial charge in [0.1, 0.15) is 18.1 Å². The monoisotopic (exact) mass is 370 g/mol. The summed E-state index contributed by atoms with van der Waals surface area (Å²) in [4.78, 5) is 15.3. The lowest BCUT2D eigenvalue weighted by atomic mass is 10.2. The first-order valence-electron chi connectivity index (χ1n) is 8.68. The molecule has 144 valence electrons. The number of amides is 1. The molecular weight excluding hydrogens is 344 g/mol. The average molecular weight is 370 g/mol. The van der Waals surface area contributed by atoms with Crippen molar-refractivity contribution in [3.63, 3.8) is 0 Å². The lowest BCUT2D eigenvalue weighted by Gasteiger charge is -2.13. The van der Waals surface area contributed by atoms with Crippen LogP contribution in [0.5, 0.6) is 11.5 Å². The number of hydrogen-bond acceptors (Lipinski definition) is 4. The van der Waals surface area contributed by atoms with Gasteiger partial charge in [-0.05, 0) is 29.8 Å². The van der Waals surface area contributed by atoms with Crippen molar-refractivity contribution in [3.05, 3.63) is 54.1 Å². The highest BCUT2D eigenvalue weighted by Gasteiger charge is 2.01. The molecule has 7 nitrogen and oxygen atoms in total. The molecule has 0 fully saturated rings. The van der Waals surface area contributed by atoms with Crippen LogP contribution in [-0.2, 0) is 11.3 Å². The number of methoxy groups -OCH3 is 1. The Balaban J connectivity index is 1.74. The van der Waals surface area contributed by atoms with Crippen LogP contribution in [0.15, 0.2) is 53.5 Å². The minimum Gasteiger partial charge on any atom is -0.497 e. The molecule has 0 atom stereocenters. The van der Waals surface area contributed by atoms with Crippen LogP contribution < -0.4 is 25.4 Å². The summed E-state index contributed by atoms with van der Waals surface area (Å²) in [5.41, 5.74) is 1.81. The van der Waals surface area contributed by atoms with Crippen LogP contribution in [0.4, 0.5) is 5.69 Å². The highest BCUT2D eigenvalue weighted by atomic mass is 16.5. The first-order valence-corrected chi connectivity index (χ1v) is 8.68. The van der Waals surface area contributed by atoms with E-state index in [0.717, 1.165) is 11.3 Å². The molecule has 0 heterocycles. The highest BCUT2D eigenvalue weighted by Crippen LogP contribution is 2.17. The summed E-state index contributed by atoms with van der Waals surface area (Å²) in [5, 5.41) is 9.18. The normalized spacial score (nSPS) is 10.9. The number of ether oxygens (including phenoxy) is 2. The zero-order chi connectivity index (χ0) is 19.5. The van der Waals surface area contributed by atoms with E-state index in [-0.39, 0.29) is 5.91 Å². The smallest absolute Gasteiger partial charge is 0.221 e. The van der Waals surface area contributed by atoms with Crippen molar-refractivity contribution < 1.29 is 14.3 Å². The minimum absolute atomic E-state index is 0.111. The fraction of sp³-hybridized carbons (Fsp3) is 0.300. The Kier molecular flexibility index (Phi) is 7.96. The number of aliphatic imine (C=N–C) groups is 1. The molecule has 0 spiro atoms. The van der Waals surface area contributed by atoms with E-state index in [9.17, 15) is 4.79 Å². The van der Waals surface area contributed by atoms with Crippen molar-refractivity contribution in [3.8, 4) is 11.5 Å². The lowest BCUT2D eigenvalue weighted by Crippen LogP contribution is -2.38. The molecule has 2 aromatic carbocycles. The Bertz CT molecular complexity index is 777. The van der Waals surface area contributed by atoms with Crippen molar-refractivity contribution in [1.82, 2.24) is 10.6 Å². The van der Waals surface area contributed by atoms with Crippen LogP contribution in [-0.4, -0.2) is 39.2 Å². The van der Waals surface area contributed by atoms with Gasteiger partial charge in [-0.15, -0.1) is 0 Å². The number of rotatable bonds is 8. The van der Waals surface area contributed by atoms with E-state index in [4.69, 9.17) is 9.47 Å². The standard InChI is InChI=1S/C20H26N4O3/c1-15(25)24-17-7-5-9-19(13-17)27-11-10-22-20(21-2)23-14-16-6-4-8-18(12-16)26-3/h4-9,12-13H,10-11,14H2,1-3H3,(H,24,25)(H2,21,22,23). The summed E-state index contributed by atoms with van der Waals surface area (Å²) in [7, 11) is 3.37. The van der Waals surface area contributed by atoms with E-state index < -0.39 is 0 Å². The van der Waals surface area contributed by atoms with E-state index in [0.29, 0.717) is 37.1 Å². The first kappa shape index (κ1) is 20.1. The molecule has 0 aliphatic carbocycles. The third kappa shape index (κ3) is 7.27. The molecule has 0 aliphatic heterocycles. The van der Waals surface area contributed by atoms with E-state index in [1.807, 2.05) is 42.5 Å². The SMILES string of the molecule is CN=C(NCCOc1cccc(NC(C)=O)c1)NCc1cccc(OC)c1. The summed E-state index contributed by atoms with van der Waals surface area (Å²) in [5.74, 6) is 2.10. The molecule has 0 saturated carbocycles. The van der Waals surface area contributed by atoms with Gasteiger partial charge in [0, 0.05) is 32.3 Å². The van der Waals surface area contributed by atoms with Crippen LogP contribution in [0.3, 0.4) is 0 Å². The summed E-state index contributed by atoms with van der Waals surface area (Å²) in [6.45, 7) is 3.16. The second-order valence-corrected chi connectivity index (χ2v) is 5.76. The average Bonchev–Trinajstić information content (AvgIpc) is 2.67. The van der Waals surface area contributed by atoms with Crippen LogP contribution in [0.2, 0.25) is 0 Å². The molecule has 0 saturated heterocycles. The fourth-order valence-corrected chi connectivity index (χ4v) is 2.39. The van der Waals surface area contributed by atoms with Crippen molar-refractivity contribution in [2.45, 2.75) is 13.5 Å². The number of hydrogen-bond donors (Lipinski definition) is 3. The van der Waals surface area contributed by atoms with Crippen LogP contribution in [0.25, 0.3) is 0 Å². The third-order valence-corrected chi connectivity index (χ3v) is 3.64. The van der Waals surface area contributed by atoms with E-state index >= 15 is 0 Å². The minimum atomic E-state index is -0.111. The predicted octanol–water partition coefficient (Wildman–Crippen LogP) is 2.40. The summed E-state index contributed by atoms with van der Waals surface area (Å²) >= 11 is 0. The van der Waals surface area contributed by atoms with Crippen molar-refractivity contribution in [1.29, 1.82) is 0 Å². The summed E-state index contributed by atoms with van der Waals surface area (Å²) in [6.07, 6.45) is 0. The van der Waals surface area contributed by atoms with Crippen molar-refractivity contribution >= 4 is 17.6 Å². The maximum Gasteiger partial charge on any atom is 0.221 e. The molecule has 2 aromatic rings. The van der Waals surface area contributed by atoms with Crippen molar-refractivity contribution in [2.75, 3.05) is 32.6 Å². The number of nitrogens with one attached hydrogen (secondary N) is 3. The van der Waals surface area contributed by atoms with Gasteiger partial charge in [-0.3, -0.25) is 9.79 Å². The lowest BCUT2D eigenvalue weighted by molar-refractivity contribution is -0.114. The molecule has 0 unspecified atom stereocenters. The fourth-order valence-electron chi connectivity index (χ4n) is 2.39. The molecule has 0 aromatic heterocycles. The van der Waals surface area contributed by atoms with E-state index in [1.165, 1.54) is 6.92 Å². The maximum atomic E-state index is 11.1. The topological polar surface area (TPSA) is 84.0 Å². The van der Waals surface area contributed by atoms with Crippen molar-refractivity contribution in [2.24, 2.45) is 4.99 Å². The van der Waals surface area contributed by atoms with Gasteiger partial charge in [0.2, 0.25) is 5.91 Å². The predicted molar refractivity (Wildman–Crippen MR) is 107 cm³/mol. The largest absolute Gasteiger partial charge is 0.497 e. The van der Waals surface area contributed by atoms with Gasteiger partial charge >= 0.3 is 0 Å². The molecule has 2 rings (SSSR count). The molecule has 0 bridgehead atoms. The van der Waals surface area contributed by atoms with Gasteiger partial charge in [-0.25, -0.2) is 0 Å². The highest BCUT2D eigenvalue weighted by molar-refractivity contribution is 5.88. The number of carbonyl (C=O) groups excluding carboxylic acids is 1. The molecule has 0 radical (unpaired) electrons. The maximum absolute atomic E-state index is 11.1. The Morgan fingerprint density at radius 3 is 2.59 bits per heavy atom. The van der Waals surface area contributed by atoms with Crippen LogP contribution in [0, 0.1) is 0 Å². The Morgan fingerprint density at radius 2 is 1.85 bits per heavy atom. The van der Waals surface area contributed by atoms with E-state index in [2.05, 4.69) is 20.9 Å². The zero-order valence-corrected chi connectivity index (χ0v) is 15.9. The second-order valence-electron chi connectivity index (χ2n) is 5.76. The Morgan fingerprint density at radius 1 is 1.07 bits per heavy atom. The molecular formula is C20H26N4O3. The number of nitrogens with zero attached hydrogens (tertiary/aromatic N) is 1. The molecule has 3 N–H and O–H groups in total. The molecule has 1 amide bonds. The number of carbonyl (C=O) groups is 1. The number of guanidine groups is 1. The van der Waals surface area contributed by atoms with Gasteiger partial charge < -0.3 is 25.4 Å². The third-order valence-electron chi connectivity index (χ3n) is 3.64. The summed E-state index contributed by atoms with van der Waals surface area (Å²) < 4.78 is 10.9. The number of benzene rings is 2. The molecule has 7 heteroatoms. The molecule has 27 heavy (non-hydrogen) atoms. The quantitative estimate of drug-likeness (QED) is 0.378. The van der Waals surface area contributed by atoms with Gasteiger partial charge in [0.25, 0.3) is 0 Å². The Hall–Kier alpha value is -3.22. The Labute approximate surface area is 159 Å².